The summed E-state index contributed by atoms with van der Waals surface area (Å²) in [6.07, 6.45) is 25.6. The normalized spacial score (nSPS) is 20.7. The van der Waals surface area contributed by atoms with Gasteiger partial charge in [-0.25, -0.2) is 20.0 Å². The molecule has 0 atom stereocenters. The molecule has 1 aromatic rings. The molecule has 0 N–H and O–H groups in total. The van der Waals surface area contributed by atoms with Gasteiger partial charge in [0.15, 0.2) is 0 Å². The van der Waals surface area contributed by atoms with Crippen LogP contribution < -0.4 is 0 Å². The largest absolute Gasteiger partial charge is 0.265 e. The molecule has 6 heterocycles. The van der Waals surface area contributed by atoms with E-state index in [2.05, 4.69) is 15.0 Å². The van der Waals surface area contributed by atoms with E-state index in [0.717, 1.165) is 56.8 Å². The molecule has 0 fully saturated rings. The van der Waals surface area contributed by atoms with Gasteiger partial charge in [-0.2, -0.15) is 0 Å². The van der Waals surface area contributed by atoms with E-state index < -0.39 is 0 Å². The monoisotopic (exact) mass is 385 g/mol. The fraction of sp³-hybridized carbons (Fsp3) is 0. The highest BCUT2D eigenvalue weighted by Crippen LogP contribution is 2.29. The quantitative estimate of drug-likeness (QED) is 0.702. The van der Waals surface area contributed by atoms with Gasteiger partial charge in [-0.1, -0.05) is 0 Å². The van der Waals surface area contributed by atoms with Crippen LogP contribution in [0.25, 0.3) is 5.57 Å². The number of aliphatic imine (C=N–C) groups is 4. The molecule has 6 rings (SSSR count). The van der Waals surface area contributed by atoms with Gasteiger partial charge in [0.05, 0.1) is 45.6 Å². The summed E-state index contributed by atoms with van der Waals surface area (Å²) in [5.74, 6) is 0. The second-order valence-electron chi connectivity index (χ2n) is 7.14. The van der Waals surface area contributed by atoms with Crippen molar-refractivity contribution in [3.8, 4) is 0 Å². The van der Waals surface area contributed by atoms with E-state index in [9.17, 15) is 0 Å². The molecule has 5 heteroatoms. The number of rotatable bonds is 1. The molecule has 1 aromatic heterocycles. The third-order valence-electron chi connectivity index (χ3n) is 5.06. The van der Waals surface area contributed by atoms with E-state index in [4.69, 9.17) is 9.98 Å². The zero-order valence-electron chi connectivity index (χ0n) is 15.9. The second-order valence-corrected chi connectivity index (χ2v) is 7.14. The molecule has 0 amide bonds. The number of allylic oxidation sites excluding steroid dienone is 12. The molecule has 5 nitrogen and oxygen atoms in total. The first-order valence-corrected chi connectivity index (χ1v) is 9.67. The van der Waals surface area contributed by atoms with Crippen molar-refractivity contribution >= 4 is 28.4 Å². The highest BCUT2D eigenvalue weighted by atomic mass is 14.8. The Morgan fingerprint density at radius 1 is 0.500 bits per heavy atom. The van der Waals surface area contributed by atoms with Crippen LogP contribution in [0, 0.1) is 0 Å². The Hall–Kier alpha value is -4.25. The van der Waals surface area contributed by atoms with E-state index in [0.29, 0.717) is 0 Å². The van der Waals surface area contributed by atoms with E-state index in [1.807, 2.05) is 79.0 Å². The maximum absolute atomic E-state index is 4.85. The highest BCUT2D eigenvalue weighted by Gasteiger charge is 2.19. The predicted octanol–water partition coefficient (Wildman–Crippen LogP) is 4.50. The van der Waals surface area contributed by atoms with Crippen molar-refractivity contribution in [2.75, 3.05) is 0 Å². The van der Waals surface area contributed by atoms with Crippen LogP contribution >= 0.6 is 0 Å². The molecule has 30 heavy (non-hydrogen) atoms. The van der Waals surface area contributed by atoms with Gasteiger partial charge in [-0.15, -0.1) is 0 Å². The van der Waals surface area contributed by atoms with Gasteiger partial charge in [0, 0.05) is 18.0 Å². The molecule has 140 valence electrons. The first-order chi connectivity index (χ1) is 14.8. The van der Waals surface area contributed by atoms with Gasteiger partial charge in [-0.05, 0) is 84.5 Å². The molecular formula is C25H15N5. The van der Waals surface area contributed by atoms with Crippen LogP contribution in [0.5, 0.6) is 0 Å². The minimum atomic E-state index is 0.861. The van der Waals surface area contributed by atoms with Crippen molar-refractivity contribution in [1.82, 2.24) is 4.98 Å². The molecule has 0 aliphatic carbocycles. The number of hydrogen-bond donors (Lipinski definition) is 0. The van der Waals surface area contributed by atoms with Crippen molar-refractivity contribution in [3.05, 3.63) is 120 Å². The van der Waals surface area contributed by atoms with Crippen LogP contribution in [0.2, 0.25) is 0 Å². The van der Waals surface area contributed by atoms with Gasteiger partial charge >= 0.3 is 0 Å². The number of hydrogen-bond acceptors (Lipinski definition) is 5. The number of pyridine rings is 1. The zero-order valence-corrected chi connectivity index (χ0v) is 15.9. The molecule has 0 saturated carbocycles. The summed E-state index contributed by atoms with van der Waals surface area (Å²) in [5, 5.41) is 0. The lowest BCUT2D eigenvalue weighted by Gasteiger charge is -2.08. The Bertz CT molecular complexity index is 1350. The average Bonchev–Trinajstić information content (AvgIpc) is 3.54. The molecule has 0 spiro atoms. The van der Waals surface area contributed by atoms with Crippen LogP contribution in [0.3, 0.4) is 0 Å². The van der Waals surface area contributed by atoms with Crippen LogP contribution in [0.15, 0.2) is 134 Å². The molecule has 5 aliphatic heterocycles. The zero-order chi connectivity index (χ0) is 19.9. The van der Waals surface area contributed by atoms with E-state index in [-0.39, 0.29) is 0 Å². The van der Waals surface area contributed by atoms with Gasteiger partial charge in [0.2, 0.25) is 0 Å². The Balaban J connectivity index is 1.57. The van der Waals surface area contributed by atoms with Crippen molar-refractivity contribution in [2.45, 2.75) is 0 Å². The third kappa shape index (κ3) is 3.02. The number of nitrogens with zero attached hydrogens (tertiary/aromatic N) is 5. The Morgan fingerprint density at radius 3 is 1.77 bits per heavy atom. The third-order valence-corrected chi connectivity index (χ3v) is 5.06. The van der Waals surface area contributed by atoms with Crippen molar-refractivity contribution in [2.24, 2.45) is 20.0 Å². The summed E-state index contributed by atoms with van der Waals surface area (Å²) in [6, 6.07) is 3.96. The van der Waals surface area contributed by atoms with E-state index in [1.165, 1.54) is 0 Å². The van der Waals surface area contributed by atoms with Crippen LogP contribution in [0.4, 0.5) is 0 Å². The lowest BCUT2D eigenvalue weighted by atomic mass is 10.00. The minimum Gasteiger partial charge on any atom is -0.265 e. The average molecular weight is 385 g/mol. The second kappa shape index (κ2) is 6.67. The topological polar surface area (TPSA) is 62.3 Å². The molecule has 5 aliphatic rings. The summed E-state index contributed by atoms with van der Waals surface area (Å²) in [5.41, 5.74) is 8.96. The van der Waals surface area contributed by atoms with Crippen LogP contribution in [0.1, 0.15) is 5.56 Å². The smallest absolute Gasteiger partial charge is 0.0737 e. The summed E-state index contributed by atoms with van der Waals surface area (Å²) in [7, 11) is 0. The summed E-state index contributed by atoms with van der Waals surface area (Å²) < 4.78 is 0. The first-order valence-electron chi connectivity index (χ1n) is 9.67. The highest BCUT2D eigenvalue weighted by molar-refractivity contribution is 6.32. The Kier molecular flexibility index (Phi) is 3.71. The fourth-order valence-electron chi connectivity index (χ4n) is 3.71. The maximum atomic E-state index is 4.85. The summed E-state index contributed by atoms with van der Waals surface area (Å²) in [6.45, 7) is 0. The molecule has 0 unspecified atom stereocenters. The first kappa shape index (κ1) is 16.7. The van der Waals surface area contributed by atoms with Crippen LogP contribution in [-0.4, -0.2) is 27.8 Å². The Labute approximate surface area is 173 Å². The lowest BCUT2D eigenvalue weighted by molar-refractivity contribution is 1.31. The minimum absolute atomic E-state index is 0.861. The standard InChI is InChI=1S/C25H15N5/c1-3-19-14-21-5-7-23(29-21)25(16-9-11-26-12-10-16)24-8-6-22(30-24)15-20-4-2-18(28-20)13-17(1)27-19/h1-15H. The predicted molar refractivity (Wildman–Crippen MR) is 122 cm³/mol. The van der Waals surface area contributed by atoms with Gasteiger partial charge < -0.3 is 0 Å². The van der Waals surface area contributed by atoms with Crippen molar-refractivity contribution in [3.63, 3.8) is 0 Å². The van der Waals surface area contributed by atoms with E-state index >= 15 is 0 Å². The van der Waals surface area contributed by atoms with Gasteiger partial charge in [0.25, 0.3) is 0 Å². The maximum Gasteiger partial charge on any atom is 0.0737 e. The van der Waals surface area contributed by atoms with Crippen molar-refractivity contribution < 1.29 is 0 Å². The number of fused-ring (bicyclic) bond motifs is 4. The SMILES string of the molecule is C1=CC2=NC1=CC1=NC(=C(c3ccncc3)C3=NC(=CC4=NC(=C2)C=C4)C=C3)C=C1. The molecule has 0 saturated heterocycles. The van der Waals surface area contributed by atoms with E-state index in [1.54, 1.807) is 12.4 Å². The molecule has 0 radical (unpaired) electrons. The molecule has 8 bridgehead atoms. The van der Waals surface area contributed by atoms with Crippen LogP contribution in [-0.2, 0) is 0 Å². The van der Waals surface area contributed by atoms with Gasteiger partial charge in [-0.3, -0.25) is 4.98 Å². The lowest BCUT2D eigenvalue weighted by Crippen LogP contribution is -2.00. The van der Waals surface area contributed by atoms with Gasteiger partial charge in [0.1, 0.15) is 0 Å². The summed E-state index contributed by atoms with van der Waals surface area (Å²) >= 11 is 0. The molecular weight excluding hydrogens is 370 g/mol. The Morgan fingerprint density at radius 2 is 1.07 bits per heavy atom. The number of aromatic nitrogens is 1. The fourth-order valence-corrected chi connectivity index (χ4v) is 3.71. The van der Waals surface area contributed by atoms with Crippen molar-refractivity contribution in [1.29, 1.82) is 0 Å². The summed E-state index contributed by atoms with van der Waals surface area (Å²) in [4.78, 5) is 23.2. The molecule has 0 aromatic carbocycles.